The van der Waals surface area contributed by atoms with Crippen molar-refractivity contribution >= 4 is 23.4 Å². The van der Waals surface area contributed by atoms with Crippen LogP contribution in [-0.4, -0.2) is 21.4 Å². The third-order valence-corrected chi connectivity index (χ3v) is 5.30. The lowest BCUT2D eigenvalue weighted by atomic mass is 10.2. The molecule has 0 unspecified atom stereocenters. The van der Waals surface area contributed by atoms with Gasteiger partial charge in [0.2, 0.25) is 0 Å². The highest BCUT2D eigenvalue weighted by molar-refractivity contribution is 7.98. The first-order valence-electron chi connectivity index (χ1n) is 9.21. The Morgan fingerprint density at radius 1 is 1.11 bits per heavy atom. The number of rotatable bonds is 9. The summed E-state index contributed by atoms with van der Waals surface area (Å²) >= 11 is 7.61. The molecular formula is C22H24ClN3OS. The topological polar surface area (TPSA) is 39.9 Å². The van der Waals surface area contributed by atoms with Gasteiger partial charge < -0.3 is 4.74 Å². The molecule has 1 aromatic heterocycles. The summed E-state index contributed by atoms with van der Waals surface area (Å²) in [6, 6.07) is 15.9. The molecule has 0 spiro atoms. The Balaban J connectivity index is 1.76. The Morgan fingerprint density at radius 3 is 2.46 bits per heavy atom. The first-order chi connectivity index (χ1) is 13.6. The first kappa shape index (κ1) is 20.5. The molecular weight excluding hydrogens is 390 g/mol. The Kier molecular flexibility index (Phi) is 7.18. The summed E-state index contributed by atoms with van der Waals surface area (Å²) in [5.41, 5.74) is 2.19. The van der Waals surface area contributed by atoms with Crippen LogP contribution in [0.4, 0.5) is 0 Å². The van der Waals surface area contributed by atoms with E-state index >= 15 is 0 Å². The Hall–Kier alpha value is -2.24. The van der Waals surface area contributed by atoms with Crippen molar-refractivity contribution in [1.29, 1.82) is 0 Å². The minimum atomic E-state index is 0.496. The Labute approximate surface area is 175 Å². The molecule has 0 fully saturated rings. The fourth-order valence-corrected chi connectivity index (χ4v) is 3.62. The number of nitrogens with zero attached hydrogens (tertiary/aromatic N) is 3. The molecule has 146 valence electrons. The fourth-order valence-electron chi connectivity index (χ4n) is 2.59. The molecule has 3 aromatic rings. The second-order valence-electron chi connectivity index (χ2n) is 6.85. The van der Waals surface area contributed by atoms with Crippen molar-refractivity contribution in [3.63, 3.8) is 0 Å². The summed E-state index contributed by atoms with van der Waals surface area (Å²) in [5, 5.41) is 10.4. The molecule has 0 saturated heterocycles. The molecule has 0 aliphatic carbocycles. The largest absolute Gasteiger partial charge is 0.493 e. The van der Waals surface area contributed by atoms with E-state index in [1.807, 2.05) is 54.6 Å². The van der Waals surface area contributed by atoms with Crippen molar-refractivity contribution in [2.24, 2.45) is 5.92 Å². The summed E-state index contributed by atoms with van der Waals surface area (Å²) < 4.78 is 7.85. The van der Waals surface area contributed by atoms with Crippen molar-refractivity contribution in [2.75, 3.05) is 6.61 Å². The molecule has 0 amide bonds. The SMILES string of the molecule is C=CCn1c(SCc2ccc(Cl)cc2)nnc1-c1ccc(OCC(C)C)cc1. The molecule has 0 N–H and O–H groups in total. The number of ether oxygens (including phenoxy) is 1. The van der Waals surface area contributed by atoms with Crippen LogP contribution in [-0.2, 0) is 12.3 Å². The summed E-state index contributed by atoms with van der Waals surface area (Å²) in [5.74, 6) is 2.99. The zero-order chi connectivity index (χ0) is 19.9. The average molecular weight is 414 g/mol. The highest BCUT2D eigenvalue weighted by Gasteiger charge is 2.14. The van der Waals surface area contributed by atoms with Gasteiger partial charge in [-0.3, -0.25) is 4.57 Å². The Morgan fingerprint density at radius 2 is 1.82 bits per heavy atom. The van der Waals surface area contributed by atoms with E-state index in [4.69, 9.17) is 16.3 Å². The van der Waals surface area contributed by atoms with Crippen LogP contribution in [0.25, 0.3) is 11.4 Å². The number of benzene rings is 2. The second kappa shape index (κ2) is 9.80. The van der Waals surface area contributed by atoms with Crippen LogP contribution in [0, 0.1) is 5.92 Å². The van der Waals surface area contributed by atoms with Gasteiger partial charge in [-0.25, -0.2) is 0 Å². The Bertz CT molecular complexity index is 905. The molecule has 4 nitrogen and oxygen atoms in total. The van der Waals surface area contributed by atoms with Crippen LogP contribution in [0.5, 0.6) is 5.75 Å². The summed E-state index contributed by atoms with van der Waals surface area (Å²) in [6.45, 7) is 9.50. The van der Waals surface area contributed by atoms with Crippen LogP contribution in [0.3, 0.4) is 0 Å². The molecule has 0 bridgehead atoms. The van der Waals surface area contributed by atoms with E-state index in [-0.39, 0.29) is 0 Å². The van der Waals surface area contributed by atoms with E-state index in [1.54, 1.807) is 11.8 Å². The normalized spacial score (nSPS) is 11.0. The van der Waals surface area contributed by atoms with Gasteiger partial charge in [-0.1, -0.05) is 55.4 Å². The van der Waals surface area contributed by atoms with Crippen LogP contribution < -0.4 is 4.74 Å². The van der Waals surface area contributed by atoms with Gasteiger partial charge >= 0.3 is 0 Å². The quantitative estimate of drug-likeness (QED) is 0.313. The zero-order valence-corrected chi connectivity index (χ0v) is 17.7. The lowest BCUT2D eigenvalue weighted by molar-refractivity contribution is 0.271. The summed E-state index contributed by atoms with van der Waals surface area (Å²) in [4.78, 5) is 0. The highest BCUT2D eigenvalue weighted by atomic mass is 35.5. The standard InChI is InChI=1S/C22H24ClN3OS/c1-4-13-26-21(18-7-11-20(12-8-18)27-14-16(2)3)24-25-22(26)28-15-17-5-9-19(23)10-6-17/h4-12,16H,1,13-15H2,2-3H3. The van der Waals surface area contributed by atoms with Crippen LogP contribution in [0.1, 0.15) is 19.4 Å². The van der Waals surface area contributed by atoms with Gasteiger partial charge in [-0.15, -0.1) is 16.8 Å². The van der Waals surface area contributed by atoms with Gasteiger partial charge in [-0.05, 0) is 47.9 Å². The first-order valence-corrected chi connectivity index (χ1v) is 10.6. The number of thioether (sulfide) groups is 1. The smallest absolute Gasteiger partial charge is 0.192 e. The van der Waals surface area contributed by atoms with E-state index in [9.17, 15) is 0 Å². The molecule has 0 aliphatic rings. The number of halogens is 1. The molecule has 1 heterocycles. The fraction of sp³-hybridized carbons (Fsp3) is 0.273. The number of hydrogen-bond acceptors (Lipinski definition) is 4. The van der Waals surface area contributed by atoms with Crippen LogP contribution >= 0.6 is 23.4 Å². The van der Waals surface area contributed by atoms with E-state index < -0.39 is 0 Å². The number of hydrogen-bond donors (Lipinski definition) is 0. The number of aromatic nitrogens is 3. The van der Waals surface area contributed by atoms with Crippen molar-refractivity contribution in [2.45, 2.75) is 31.3 Å². The predicted molar refractivity (Wildman–Crippen MR) is 117 cm³/mol. The van der Waals surface area contributed by atoms with Gasteiger partial charge in [0, 0.05) is 22.9 Å². The van der Waals surface area contributed by atoms with E-state index in [0.717, 1.165) is 33.1 Å². The lowest BCUT2D eigenvalue weighted by Gasteiger charge is -2.10. The number of allylic oxidation sites excluding steroid dienone is 1. The molecule has 0 aliphatic heterocycles. The third-order valence-electron chi connectivity index (χ3n) is 4.01. The highest BCUT2D eigenvalue weighted by Crippen LogP contribution is 2.28. The van der Waals surface area contributed by atoms with Crippen LogP contribution in [0.15, 0.2) is 66.3 Å². The van der Waals surface area contributed by atoms with Crippen molar-refractivity contribution in [3.8, 4) is 17.1 Å². The van der Waals surface area contributed by atoms with Gasteiger partial charge in [0.05, 0.1) is 6.61 Å². The minimum Gasteiger partial charge on any atom is -0.493 e. The van der Waals surface area contributed by atoms with E-state index in [2.05, 4.69) is 35.2 Å². The lowest BCUT2D eigenvalue weighted by Crippen LogP contribution is -2.04. The predicted octanol–water partition coefficient (Wildman–Crippen LogP) is 6.11. The molecule has 3 rings (SSSR count). The van der Waals surface area contributed by atoms with Gasteiger partial charge in [0.15, 0.2) is 11.0 Å². The van der Waals surface area contributed by atoms with E-state index in [0.29, 0.717) is 19.1 Å². The zero-order valence-electron chi connectivity index (χ0n) is 16.1. The van der Waals surface area contributed by atoms with Crippen LogP contribution in [0.2, 0.25) is 5.02 Å². The molecule has 0 saturated carbocycles. The minimum absolute atomic E-state index is 0.496. The summed E-state index contributed by atoms with van der Waals surface area (Å²) in [7, 11) is 0. The maximum absolute atomic E-state index is 5.96. The molecule has 2 aromatic carbocycles. The van der Waals surface area contributed by atoms with Gasteiger partial charge in [0.25, 0.3) is 0 Å². The molecule has 0 atom stereocenters. The van der Waals surface area contributed by atoms with Gasteiger partial charge in [0.1, 0.15) is 5.75 Å². The summed E-state index contributed by atoms with van der Waals surface area (Å²) in [6.07, 6.45) is 1.86. The molecule has 6 heteroatoms. The van der Waals surface area contributed by atoms with Crippen molar-refractivity contribution in [3.05, 3.63) is 71.8 Å². The van der Waals surface area contributed by atoms with E-state index in [1.165, 1.54) is 5.56 Å². The van der Waals surface area contributed by atoms with Crippen molar-refractivity contribution < 1.29 is 4.74 Å². The van der Waals surface area contributed by atoms with Gasteiger partial charge in [-0.2, -0.15) is 0 Å². The molecule has 0 radical (unpaired) electrons. The monoisotopic (exact) mass is 413 g/mol. The molecule has 28 heavy (non-hydrogen) atoms. The average Bonchev–Trinajstić information content (AvgIpc) is 3.09. The maximum Gasteiger partial charge on any atom is 0.192 e. The van der Waals surface area contributed by atoms with Crippen molar-refractivity contribution in [1.82, 2.24) is 14.8 Å². The third kappa shape index (κ3) is 5.40. The second-order valence-corrected chi connectivity index (χ2v) is 8.23. The maximum atomic E-state index is 5.96.